The summed E-state index contributed by atoms with van der Waals surface area (Å²) in [6.45, 7) is 0. The molecular formula is C19H12Cl2N2O. The molecule has 0 radical (unpaired) electrons. The van der Waals surface area contributed by atoms with Gasteiger partial charge >= 0.3 is 0 Å². The van der Waals surface area contributed by atoms with Crippen molar-refractivity contribution in [2.75, 3.05) is 0 Å². The molecule has 0 aliphatic carbocycles. The Bertz CT molecular complexity index is 914. The zero-order chi connectivity index (χ0) is 17.1. The minimum absolute atomic E-state index is 0.452. The van der Waals surface area contributed by atoms with Crippen molar-refractivity contribution in [3.8, 4) is 17.2 Å². The molecule has 0 saturated carbocycles. The molecule has 3 nitrogen and oxygen atoms in total. The van der Waals surface area contributed by atoms with Gasteiger partial charge in [-0.05, 0) is 53.1 Å². The van der Waals surface area contributed by atoms with Gasteiger partial charge in [0, 0.05) is 28.0 Å². The molecule has 24 heavy (non-hydrogen) atoms. The van der Waals surface area contributed by atoms with E-state index in [1.165, 1.54) is 0 Å². The van der Waals surface area contributed by atoms with Crippen molar-refractivity contribution in [3.05, 3.63) is 87.7 Å². The highest BCUT2D eigenvalue weighted by Gasteiger charge is 2.17. The van der Waals surface area contributed by atoms with Gasteiger partial charge in [0.05, 0.1) is 11.6 Å². The quantitative estimate of drug-likeness (QED) is 0.719. The number of nitrogens with zero attached hydrogens (tertiary/aromatic N) is 2. The van der Waals surface area contributed by atoms with E-state index in [-0.39, 0.29) is 0 Å². The van der Waals surface area contributed by atoms with Crippen molar-refractivity contribution < 1.29 is 5.11 Å². The number of aliphatic hydroxyl groups is 1. The molecule has 1 N–H and O–H groups in total. The standard InChI is InChI=1S/C19H12Cl2N2O/c20-15-7-14(8-16(21)9-15)19(24)18-11-23-5-4-17(18)13-3-1-2-12(6-13)10-22/h1-9,11,19,24H. The van der Waals surface area contributed by atoms with E-state index in [1.807, 2.05) is 6.07 Å². The Hall–Kier alpha value is -2.38. The molecule has 0 bridgehead atoms. The first-order valence-electron chi connectivity index (χ1n) is 7.17. The first-order valence-corrected chi connectivity index (χ1v) is 7.92. The molecule has 0 aliphatic rings. The van der Waals surface area contributed by atoms with Crippen molar-refractivity contribution in [2.45, 2.75) is 6.10 Å². The summed E-state index contributed by atoms with van der Waals surface area (Å²) in [6.07, 6.45) is 2.32. The second-order valence-electron chi connectivity index (χ2n) is 5.26. The fraction of sp³-hybridized carbons (Fsp3) is 0.0526. The molecule has 0 aliphatic heterocycles. The first-order chi connectivity index (χ1) is 11.6. The van der Waals surface area contributed by atoms with Gasteiger partial charge in [-0.2, -0.15) is 5.26 Å². The maximum Gasteiger partial charge on any atom is 0.106 e. The number of aliphatic hydroxyl groups excluding tert-OH is 1. The van der Waals surface area contributed by atoms with Gasteiger partial charge in [-0.25, -0.2) is 0 Å². The van der Waals surface area contributed by atoms with Crippen LogP contribution in [-0.2, 0) is 0 Å². The molecule has 5 heteroatoms. The zero-order valence-electron chi connectivity index (χ0n) is 12.4. The number of hydrogen-bond acceptors (Lipinski definition) is 3. The lowest BCUT2D eigenvalue weighted by Crippen LogP contribution is -2.03. The van der Waals surface area contributed by atoms with E-state index in [1.54, 1.807) is 54.9 Å². The van der Waals surface area contributed by atoms with Crippen molar-refractivity contribution in [3.63, 3.8) is 0 Å². The monoisotopic (exact) mass is 354 g/mol. The van der Waals surface area contributed by atoms with E-state index >= 15 is 0 Å². The van der Waals surface area contributed by atoms with Crippen LogP contribution in [0.15, 0.2) is 60.9 Å². The van der Waals surface area contributed by atoms with Crippen molar-refractivity contribution in [2.24, 2.45) is 0 Å². The Labute approximate surface area is 149 Å². The summed E-state index contributed by atoms with van der Waals surface area (Å²) in [5.74, 6) is 0. The minimum Gasteiger partial charge on any atom is -0.384 e. The lowest BCUT2D eigenvalue weighted by Gasteiger charge is -2.16. The van der Waals surface area contributed by atoms with Crippen LogP contribution >= 0.6 is 23.2 Å². The van der Waals surface area contributed by atoms with Crippen LogP contribution in [0.3, 0.4) is 0 Å². The summed E-state index contributed by atoms with van der Waals surface area (Å²) in [6, 6.07) is 16.1. The molecule has 3 rings (SSSR count). The molecule has 1 unspecified atom stereocenters. The third-order valence-corrected chi connectivity index (χ3v) is 4.09. The van der Waals surface area contributed by atoms with E-state index in [0.717, 1.165) is 11.1 Å². The van der Waals surface area contributed by atoms with Crippen LogP contribution in [0.25, 0.3) is 11.1 Å². The van der Waals surface area contributed by atoms with E-state index < -0.39 is 6.10 Å². The highest BCUT2D eigenvalue weighted by molar-refractivity contribution is 6.34. The van der Waals surface area contributed by atoms with Crippen LogP contribution in [-0.4, -0.2) is 10.1 Å². The van der Waals surface area contributed by atoms with Gasteiger partial charge in [0.15, 0.2) is 0 Å². The van der Waals surface area contributed by atoms with E-state index in [0.29, 0.717) is 26.7 Å². The highest BCUT2D eigenvalue weighted by atomic mass is 35.5. The third-order valence-electron chi connectivity index (χ3n) is 3.65. The number of hydrogen-bond donors (Lipinski definition) is 1. The number of nitriles is 1. The van der Waals surface area contributed by atoms with Gasteiger partial charge in [0.2, 0.25) is 0 Å². The van der Waals surface area contributed by atoms with Crippen LogP contribution in [0.1, 0.15) is 22.8 Å². The molecule has 2 aromatic carbocycles. The van der Waals surface area contributed by atoms with Gasteiger partial charge in [0.25, 0.3) is 0 Å². The summed E-state index contributed by atoms with van der Waals surface area (Å²) in [5.41, 5.74) is 3.38. The molecule has 0 spiro atoms. The Morgan fingerprint density at radius 3 is 2.50 bits per heavy atom. The van der Waals surface area contributed by atoms with Crippen molar-refractivity contribution >= 4 is 23.2 Å². The Morgan fingerprint density at radius 1 is 1.04 bits per heavy atom. The summed E-state index contributed by atoms with van der Waals surface area (Å²) < 4.78 is 0. The molecule has 1 heterocycles. The van der Waals surface area contributed by atoms with Crippen LogP contribution < -0.4 is 0 Å². The predicted octanol–water partition coefficient (Wildman–Crippen LogP) is 5.01. The number of rotatable bonds is 3. The summed E-state index contributed by atoms with van der Waals surface area (Å²) in [5, 5.41) is 20.8. The van der Waals surface area contributed by atoms with Crippen LogP contribution in [0.5, 0.6) is 0 Å². The molecular weight excluding hydrogens is 343 g/mol. The Kier molecular flexibility index (Phi) is 4.82. The number of benzene rings is 2. The molecule has 1 aromatic heterocycles. The van der Waals surface area contributed by atoms with Crippen molar-refractivity contribution in [1.29, 1.82) is 5.26 Å². The molecule has 1 atom stereocenters. The smallest absolute Gasteiger partial charge is 0.106 e. The zero-order valence-corrected chi connectivity index (χ0v) is 14.0. The summed E-state index contributed by atoms with van der Waals surface area (Å²) in [4.78, 5) is 4.11. The second kappa shape index (κ2) is 7.02. The second-order valence-corrected chi connectivity index (χ2v) is 6.13. The SMILES string of the molecule is N#Cc1cccc(-c2ccncc2C(O)c2cc(Cl)cc(Cl)c2)c1. The first kappa shape index (κ1) is 16.5. The maximum absolute atomic E-state index is 10.8. The average molecular weight is 355 g/mol. The summed E-state index contributed by atoms with van der Waals surface area (Å²) in [7, 11) is 0. The summed E-state index contributed by atoms with van der Waals surface area (Å²) >= 11 is 12.1. The lowest BCUT2D eigenvalue weighted by atomic mass is 9.94. The fourth-order valence-electron chi connectivity index (χ4n) is 2.56. The van der Waals surface area contributed by atoms with E-state index in [4.69, 9.17) is 28.5 Å². The molecule has 118 valence electrons. The number of pyridine rings is 1. The van der Waals surface area contributed by atoms with E-state index in [2.05, 4.69) is 11.1 Å². The number of halogens is 2. The predicted molar refractivity (Wildman–Crippen MR) is 94.9 cm³/mol. The van der Waals surface area contributed by atoms with Gasteiger partial charge in [-0.15, -0.1) is 0 Å². The highest BCUT2D eigenvalue weighted by Crippen LogP contribution is 2.33. The fourth-order valence-corrected chi connectivity index (χ4v) is 3.10. The minimum atomic E-state index is -0.935. The van der Waals surface area contributed by atoms with Crippen LogP contribution in [0.2, 0.25) is 10.0 Å². The lowest BCUT2D eigenvalue weighted by molar-refractivity contribution is 0.220. The molecule has 0 amide bonds. The van der Waals surface area contributed by atoms with Gasteiger partial charge in [-0.3, -0.25) is 4.98 Å². The Morgan fingerprint density at radius 2 is 1.79 bits per heavy atom. The molecule has 3 aromatic rings. The van der Waals surface area contributed by atoms with Crippen LogP contribution in [0, 0.1) is 11.3 Å². The van der Waals surface area contributed by atoms with Gasteiger partial charge in [0.1, 0.15) is 6.10 Å². The van der Waals surface area contributed by atoms with Gasteiger partial charge in [-0.1, -0.05) is 35.3 Å². The van der Waals surface area contributed by atoms with Crippen LogP contribution in [0.4, 0.5) is 0 Å². The molecule has 0 saturated heterocycles. The number of aromatic nitrogens is 1. The average Bonchev–Trinajstić information content (AvgIpc) is 2.60. The van der Waals surface area contributed by atoms with Gasteiger partial charge < -0.3 is 5.11 Å². The van der Waals surface area contributed by atoms with E-state index in [9.17, 15) is 5.11 Å². The maximum atomic E-state index is 10.8. The largest absolute Gasteiger partial charge is 0.384 e. The third kappa shape index (κ3) is 3.42. The normalized spacial score (nSPS) is 11.8. The topological polar surface area (TPSA) is 56.9 Å². The van der Waals surface area contributed by atoms with Crippen molar-refractivity contribution in [1.82, 2.24) is 4.98 Å². The molecule has 0 fully saturated rings. The Balaban J connectivity index is 2.10.